The number of nitrogens with zero attached hydrogens (tertiary/aromatic N) is 1. The van der Waals surface area contributed by atoms with Gasteiger partial charge in [0.25, 0.3) is 0 Å². The SMILES string of the molecule is CCC1CNCC1N(C)CC(C)C. The Balaban J connectivity index is 2.40. The van der Waals surface area contributed by atoms with Gasteiger partial charge in [-0.25, -0.2) is 0 Å². The summed E-state index contributed by atoms with van der Waals surface area (Å²) < 4.78 is 0. The van der Waals surface area contributed by atoms with Crippen molar-refractivity contribution in [2.24, 2.45) is 11.8 Å². The standard InChI is InChI=1S/C11H24N2/c1-5-10-6-12-7-11(10)13(4)8-9(2)3/h9-12H,5-8H2,1-4H3. The van der Waals surface area contributed by atoms with Crippen LogP contribution in [0.1, 0.15) is 27.2 Å². The highest BCUT2D eigenvalue weighted by molar-refractivity contribution is 4.86. The maximum absolute atomic E-state index is 3.49. The molecule has 0 saturated carbocycles. The molecule has 1 N–H and O–H groups in total. The van der Waals surface area contributed by atoms with Gasteiger partial charge in [-0.15, -0.1) is 0 Å². The lowest BCUT2D eigenvalue weighted by Crippen LogP contribution is -2.39. The van der Waals surface area contributed by atoms with Crippen LogP contribution in [0, 0.1) is 11.8 Å². The van der Waals surface area contributed by atoms with Crippen molar-refractivity contribution in [3.63, 3.8) is 0 Å². The number of hydrogen-bond donors (Lipinski definition) is 1. The molecule has 0 spiro atoms. The van der Waals surface area contributed by atoms with E-state index in [1.165, 1.54) is 26.1 Å². The first-order valence-electron chi connectivity index (χ1n) is 5.56. The Morgan fingerprint density at radius 3 is 2.62 bits per heavy atom. The van der Waals surface area contributed by atoms with Crippen LogP contribution in [0.25, 0.3) is 0 Å². The molecule has 0 aromatic carbocycles. The lowest BCUT2D eigenvalue weighted by molar-refractivity contribution is 0.189. The summed E-state index contributed by atoms with van der Waals surface area (Å²) in [6, 6.07) is 0.771. The molecule has 1 heterocycles. The predicted octanol–water partition coefficient (Wildman–Crippen LogP) is 1.57. The Morgan fingerprint density at radius 2 is 2.08 bits per heavy atom. The van der Waals surface area contributed by atoms with Gasteiger partial charge in [0.05, 0.1) is 0 Å². The zero-order chi connectivity index (χ0) is 9.84. The van der Waals surface area contributed by atoms with Crippen molar-refractivity contribution in [1.29, 1.82) is 0 Å². The molecule has 2 atom stereocenters. The summed E-state index contributed by atoms with van der Waals surface area (Å²) in [7, 11) is 2.26. The summed E-state index contributed by atoms with van der Waals surface area (Å²) in [6.07, 6.45) is 1.31. The van der Waals surface area contributed by atoms with Gasteiger partial charge in [0.1, 0.15) is 0 Å². The maximum Gasteiger partial charge on any atom is 0.0257 e. The van der Waals surface area contributed by atoms with Crippen molar-refractivity contribution in [1.82, 2.24) is 10.2 Å². The van der Waals surface area contributed by atoms with E-state index < -0.39 is 0 Å². The highest BCUT2D eigenvalue weighted by atomic mass is 15.2. The van der Waals surface area contributed by atoms with E-state index >= 15 is 0 Å². The monoisotopic (exact) mass is 184 g/mol. The van der Waals surface area contributed by atoms with E-state index in [1.807, 2.05) is 0 Å². The van der Waals surface area contributed by atoms with Crippen molar-refractivity contribution < 1.29 is 0 Å². The van der Waals surface area contributed by atoms with Gasteiger partial charge in [0.15, 0.2) is 0 Å². The van der Waals surface area contributed by atoms with Crippen LogP contribution in [0.2, 0.25) is 0 Å². The van der Waals surface area contributed by atoms with Gasteiger partial charge in [-0.1, -0.05) is 27.2 Å². The number of hydrogen-bond acceptors (Lipinski definition) is 2. The molecule has 0 bridgehead atoms. The fraction of sp³-hybridized carbons (Fsp3) is 1.00. The molecule has 0 aromatic rings. The molecule has 13 heavy (non-hydrogen) atoms. The summed E-state index contributed by atoms with van der Waals surface area (Å²) >= 11 is 0. The second-order valence-corrected chi connectivity index (χ2v) is 4.73. The van der Waals surface area contributed by atoms with Crippen LogP contribution < -0.4 is 5.32 Å². The fourth-order valence-corrected chi connectivity index (χ4v) is 2.36. The van der Waals surface area contributed by atoms with Gasteiger partial charge >= 0.3 is 0 Å². The van der Waals surface area contributed by atoms with Crippen molar-refractivity contribution in [2.45, 2.75) is 33.2 Å². The van der Waals surface area contributed by atoms with Crippen LogP contribution in [0.3, 0.4) is 0 Å². The van der Waals surface area contributed by atoms with E-state index in [9.17, 15) is 0 Å². The second kappa shape index (κ2) is 4.97. The second-order valence-electron chi connectivity index (χ2n) is 4.73. The Kier molecular flexibility index (Phi) is 4.20. The van der Waals surface area contributed by atoms with Crippen LogP contribution in [0.4, 0.5) is 0 Å². The molecule has 1 rings (SSSR count). The first-order valence-corrected chi connectivity index (χ1v) is 5.56. The number of rotatable bonds is 4. The van der Waals surface area contributed by atoms with E-state index in [-0.39, 0.29) is 0 Å². The van der Waals surface area contributed by atoms with Crippen LogP contribution in [-0.2, 0) is 0 Å². The Bertz CT molecular complexity index is 145. The third kappa shape index (κ3) is 2.96. The van der Waals surface area contributed by atoms with Crippen molar-refractivity contribution >= 4 is 0 Å². The lowest BCUT2D eigenvalue weighted by Gasteiger charge is -2.29. The van der Waals surface area contributed by atoms with E-state index in [1.54, 1.807) is 0 Å². The molecular weight excluding hydrogens is 160 g/mol. The number of nitrogens with one attached hydrogen (secondary N) is 1. The van der Waals surface area contributed by atoms with E-state index in [0.717, 1.165) is 17.9 Å². The molecule has 1 saturated heterocycles. The van der Waals surface area contributed by atoms with E-state index in [0.29, 0.717) is 0 Å². The third-order valence-corrected chi connectivity index (χ3v) is 3.05. The molecule has 1 aliphatic rings. The quantitative estimate of drug-likeness (QED) is 0.713. The highest BCUT2D eigenvalue weighted by Crippen LogP contribution is 2.18. The van der Waals surface area contributed by atoms with Crippen LogP contribution in [0.15, 0.2) is 0 Å². The van der Waals surface area contributed by atoms with Gasteiger partial charge < -0.3 is 10.2 Å². The van der Waals surface area contributed by atoms with Gasteiger partial charge in [0.2, 0.25) is 0 Å². The Morgan fingerprint density at radius 1 is 1.38 bits per heavy atom. The van der Waals surface area contributed by atoms with Crippen molar-refractivity contribution in [3.05, 3.63) is 0 Å². The zero-order valence-corrected chi connectivity index (χ0v) is 9.51. The molecule has 2 nitrogen and oxygen atoms in total. The summed E-state index contributed by atoms with van der Waals surface area (Å²) in [5, 5.41) is 3.49. The molecule has 0 aliphatic carbocycles. The van der Waals surface area contributed by atoms with E-state index in [2.05, 4.69) is 38.0 Å². The topological polar surface area (TPSA) is 15.3 Å². The highest BCUT2D eigenvalue weighted by Gasteiger charge is 2.28. The van der Waals surface area contributed by atoms with Crippen LogP contribution >= 0.6 is 0 Å². The molecule has 2 heteroatoms. The summed E-state index contributed by atoms with van der Waals surface area (Å²) in [6.45, 7) is 10.5. The first-order chi connectivity index (χ1) is 6.15. The smallest absolute Gasteiger partial charge is 0.0257 e. The molecule has 78 valence electrons. The molecule has 1 fully saturated rings. The largest absolute Gasteiger partial charge is 0.315 e. The van der Waals surface area contributed by atoms with Gasteiger partial charge in [-0.2, -0.15) is 0 Å². The summed E-state index contributed by atoms with van der Waals surface area (Å²) in [5.41, 5.74) is 0. The minimum absolute atomic E-state index is 0.771. The lowest BCUT2D eigenvalue weighted by atomic mass is 9.99. The molecule has 0 amide bonds. The Hall–Kier alpha value is -0.0800. The third-order valence-electron chi connectivity index (χ3n) is 3.05. The Labute approximate surface area is 82.7 Å². The molecule has 1 aliphatic heterocycles. The average molecular weight is 184 g/mol. The zero-order valence-electron chi connectivity index (χ0n) is 9.51. The van der Waals surface area contributed by atoms with Crippen molar-refractivity contribution in [2.75, 3.05) is 26.7 Å². The molecule has 0 aromatic heterocycles. The van der Waals surface area contributed by atoms with Crippen LogP contribution in [-0.4, -0.2) is 37.6 Å². The minimum Gasteiger partial charge on any atom is -0.315 e. The van der Waals surface area contributed by atoms with Gasteiger partial charge in [-0.05, 0) is 25.4 Å². The maximum atomic E-state index is 3.49. The normalized spacial score (nSPS) is 29.1. The molecular formula is C11H24N2. The van der Waals surface area contributed by atoms with E-state index in [4.69, 9.17) is 0 Å². The van der Waals surface area contributed by atoms with Crippen molar-refractivity contribution in [3.8, 4) is 0 Å². The van der Waals surface area contributed by atoms with Gasteiger partial charge in [-0.3, -0.25) is 0 Å². The number of likely N-dealkylation sites (N-methyl/N-ethyl adjacent to an activating group) is 1. The summed E-state index contributed by atoms with van der Waals surface area (Å²) in [5.74, 6) is 1.65. The fourth-order valence-electron chi connectivity index (χ4n) is 2.36. The average Bonchev–Trinajstić information content (AvgIpc) is 2.49. The first kappa shape index (κ1) is 11.0. The minimum atomic E-state index is 0.771. The van der Waals surface area contributed by atoms with Crippen LogP contribution in [0.5, 0.6) is 0 Å². The predicted molar refractivity (Wildman–Crippen MR) is 57.9 cm³/mol. The van der Waals surface area contributed by atoms with Gasteiger partial charge in [0, 0.05) is 19.1 Å². The molecule has 0 radical (unpaired) electrons. The summed E-state index contributed by atoms with van der Waals surface area (Å²) in [4.78, 5) is 2.53. The molecule has 2 unspecified atom stereocenters.